The fourth-order valence-corrected chi connectivity index (χ4v) is 4.52. The van der Waals surface area contributed by atoms with Gasteiger partial charge in [0.25, 0.3) is 5.91 Å². The van der Waals surface area contributed by atoms with Gasteiger partial charge in [-0.1, -0.05) is 18.2 Å². The normalized spacial score (nSPS) is 22.8. The summed E-state index contributed by atoms with van der Waals surface area (Å²) in [5.41, 5.74) is 0.224. The number of aromatic amines is 1. The minimum absolute atomic E-state index is 0.119. The summed E-state index contributed by atoms with van der Waals surface area (Å²) in [6.45, 7) is 0.119. The molecule has 1 aromatic carbocycles. The number of alkyl halides is 3. The van der Waals surface area contributed by atoms with E-state index in [1.54, 1.807) is 41.1 Å². The van der Waals surface area contributed by atoms with Gasteiger partial charge in [-0.2, -0.15) is 18.2 Å². The Morgan fingerprint density at radius 3 is 2.74 bits per heavy atom. The van der Waals surface area contributed by atoms with Crippen LogP contribution in [0, 0.1) is 0 Å². The number of carbonyl (C=O) groups is 2. The summed E-state index contributed by atoms with van der Waals surface area (Å²) in [6, 6.07) is 6.32. The number of hydrogen-bond acceptors (Lipinski definition) is 5. The number of aromatic nitrogens is 5. The average molecular weight is 431 g/mol. The summed E-state index contributed by atoms with van der Waals surface area (Å²) in [7, 11) is 1.73. The number of nitrogens with one attached hydrogen (secondary N) is 2. The molecule has 0 aliphatic carbocycles. The van der Waals surface area contributed by atoms with Gasteiger partial charge >= 0.3 is 6.18 Å². The van der Waals surface area contributed by atoms with Gasteiger partial charge in [-0.25, -0.2) is 4.98 Å². The maximum atomic E-state index is 13.2. The highest BCUT2D eigenvalue weighted by atomic mass is 19.4. The molecule has 0 unspecified atom stereocenters. The van der Waals surface area contributed by atoms with Crippen molar-refractivity contribution in [3.8, 4) is 0 Å². The molecular weight excluding hydrogens is 415 g/mol. The van der Waals surface area contributed by atoms with Crippen molar-refractivity contribution in [2.75, 3.05) is 11.9 Å². The maximum absolute atomic E-state index is 13.2. The number of fused-ring (bicyclic) bond motifs is 2. The van der Waals surface area contributed by atoms with Crippen molar-refractivity contribution in [3.63, 3.8) is 0 Å². The summed E-state index contributed by atoms with van der Waals surface area (Å²) >= 11 is 0. The highest BCUT2D eigenvalue weighted by molar-refractivity contribution is 6.08. The van der Waals surface area contributed by atoms with Gasteiger partial charge < -0.3 is 14.8 Å². The lowest BCUT2D eigenvalue weighted by atomic mass is 9.74. The van der Waals surface area contributed by atoms with Crippen LogP contribution in [0.3, 0.4) is 0 Å². The van der Waals surface area contributed by atoms with Crippen molar-refractivity contribution in [3.05, 3.63) is 59.7 Å². The number of aryl methyl sites for hydroxylation is 1. The lowest BCUT2D eigenvalue weighted by molar-refractivity contribution is -0.144. The molecule has 0 saturated carbocycles. The minimum atomic E-state index is -4.76. The molecule has 9 nitrogen and oxygen atoms in total. The third-order valence-electron chi connectivity index (χ3n) is 5.90. The van der Waals surface area contributed by atoms with E-state index < -0.39 is 35.2 Å². The maximum Gasteiger partial charge on any atom is 0.451 e. The van der Waals surface area contributed by atoms with Gasteiger partial charge in [0.05, 0.1) is 0 Å². The number of anilines is 1. The molecule has 2 amide bonds. The molecule has 1 fully saturated rings. The molecule has 12 heteroatoms. The lowest BCUT2D eigenvalue weighted by Gasteiger charge is -2.33. The number of nitrogens with zero attached hydrogens (tertiary/aromatic N) is 5. The molecule has 2 aromatic heterocycles. The van der Waals surface area contributed by atoms with E-state index in [1.165, 1.54) is 11.1 Å². The third-order valence-corrected chi connectivity index (χ3v) is 5.90. The Morgan fingerprint density at radius 1 is 1.29 bits per heavy atom. The van der Waals surface area contributed by atoms with Crippen molar-refractivity contribution in [2.45, 2.75) is 24.1 Å². The number of H-pyrrole nitrogens is 1. The van der Waals surface area contributed by atoms with E-state index in [0.29, 0.717) is 17.1 Å². The summed E-state index contributed by atoms with van der Waals surface area (Å²) in [5.74, 6) is -2.64. The number of hydrogen-bond donors (Lipinski definition) is 2. The van der Waals surface area contributed by atoms with Crippen molar-refractivity contribution in [2.24, 2.45) is 7.05 Å². The first-order valence-corrected chi connectivity index (χ1v) is 9.42. The SMILES string of the molecule is Cn1ccnc1[C@@H]1N(C(=O)c2n[nH]c(C(F)(F)F)n2)CC[C@]12C(=O)Nc1ccccc12. The van der Waals surface area contributed by atoms with Crippen LogP contribution < -0.4 is 5.32 Å². The number of likely N-dealkylation sites (tertiary alicyclic amines) is 1. The van der Waals surface area contributed by atoms with Crippen molar-refractivity contribution < 1.29 is 22.8 Å². The molecule has 4 heterocycles. The van der Waals surface area contributed by atoms with Gasteiger partial charge in [0, 0.05) is 31.7 Å². The first-order chi connectivity index (χ1) is 14.7. The van der Waals surface area contributed by atoms with Crippen LogP contribution in [0.2, 0.25) is 0 Å². The molecular formula is C19H16F3N7O2. The molecule has 0 bridgehead atoms. The standard InChI is InChI=1S/C19H16F3N7O2/c1-28-9-7-23-14(28)12-18(10-4-2-3-5-11(10)24-17(18)31)6-8-29(12)15(30)13-25-16(27-26-13)19(20,21)22/h2-5,7,9,12H,6,8H2,1H3,(H,24,31)(H,25,26,27)/t12-,18+/m0/s1. The number of benzene rings is 1. The second-order valence-electron chi connectivity index (χ2n) is 7.52. The Bertz CT molecular complexity index is 1200. The van der Waals surface area contributed by atoms with Crippen molar-refractivity contribution >= 4 is 17.5 Å². The molecule has 1 saturated heterocycles. The molecule has 2 atom stereocenters. The summed E-state index contributed by atoms with van der Waals surface area (Å²) in [5, 5.41) is 8.10. The van der Waals surface area contributed by atoms with Gasteiger partial charge in [0.15, 0.2) is 0 Å². The smallest absolute Gasteiger partial charge is 0.336 e. The van der Waals surface area contributed by atoms with Gasteiger partial charge in [-0.3, -0.25) is 14.7 Å². The Balaban J connectivity index is 1.63. The van der Waals surface area contributed by atoms with E-state index >= 15 is 0 Å². The monoisotopic (exact) mass is 431 g/mol. The number of imidazole rings is 1. The van der Waals surface area contributed by atoms with Crippen LogP contribution in [-0.4, -0.2) is 48.0 Å². The molecule has 160 valence electrons. The Labute approximate surface area is 173 Å². The Hall–Kier alpha value is -3.70. The minimum Gasteiger partial charge on any atom is -0.336 e. The van der Waals surface area contributed by atoms with Crippen LogP contribution >= 0.6 is 0 Å². The molecule has 1 spiro atoms. The second-order valence-corrected chi connectivity index (χ2v) is 7.52. The van der Waals surface area contributed by atoms with Crippen LogP contribution in [0.1, 0.15) is 40.3 Å². The third kappa shape index (κ3) is 2.67. The van der Waals surface area contributed by atoms with Crippen LogP contribution in [0.4, 0.5) is 18.9 Å². The van der Waals surface area contributed by atoms with Gasteiger partial charge in [0.1, 0.15) is 17.3 Å². The zero-order valence-electron chi connectivity index (χ0n) is 16.1. The molecule has 2 aliphatic rings. The highest BCUT2D eigenvalue weighted by Gasteiger charge is 2.61. The number of rotatable bonds is 2. The fourth-order valence-electron chi connectivity index (χ4n) is 4.52. The first-order valence-electron chi connectivity index (χ1n) is 9.42. The van der Waals surface area contributed by atoms with Crippen molar-refractivity contribution in [1.82, 2.24) is 29.6 Å². The van der Waals surface area contributed by atoms with E-state index in [-0.39, 0.29) is 18.9 Å². The number of carbonyl (C=O) groups excluding carboxylic acids is 2. The number of para-hydroxylation sites is 1. The van der Waals surface area contributed by atoms with E-state index in [0.717, 1.165) is 0 Å². The van der Waals surface area contributed by atoms with E-state index in [9.17, 15) is 22.8 Å². The predicted molar refractivity (Wildman–Crippen MR) is 99.7 cm³/mol. The van der Waals surface area contributed by atoms with Crippen LogP contribution in [0.5, 0.6) is 0 Å². The van der Waals surface area contributed by atoms with Gasteiger partial charge in [0.2, 0.25) is 17.6 Å². The Kier molecular flexibility index (Phi) is 3.98. The predicted octanol–water partition coefficient (Wildman–Crippen LogP) is 2.03. The fraction of sp³-hybridized carbons (Fsp3) is 0.316. The van der Waals surface area contributed by atoms with Crippen LogP contribution in [0.25, 0.3) is 0 Å². The summed E-state index contributed by atoms with van der Waals surface area (Å²) in [4.78, 5) is 35.5. The van der Waals surface area contributed by atoms with Gasteiger partial charge in [-0.15, -0.1) is 5.10 Å². The first kappa shape index (κ1) is 19.3. The topological polar surface area (TPSA) is 109 Å². The zero-order chi connectivity index (χ0) is 22.0. The lowest BCUT2D eigenvalue weighted by Crippen LogP contribution is -2.44. The average Bonchev–Trinajstić information content (AvgIpc) is 3.49. The highest BCUT2D eigenvalue weighted by Crippen LogP contribution is 2.54. The van der Waals surface area contributed by atoms with E-state index in [2.05, 4.69) is 20.4 Å². The molecule has 5 rings (SSSR count). The number of amides is 2. The summed E-state index contributed by atoms with van der Waals surface area (Å²) in [6.07, 6.45) is -1.27. The number of halogens is 3. The molecule has 31 heavy (non-hydrogen) atoms. The Morgan fingerprint density at radius 2 is 2.06 bits per heavy atom. The quantitative estimate of drug-likeness (QED) is 0.646. The molecule has 2 aliphatic heterocycles. The van der Waals surface area contributed by atoms with Crippen molar-refractivity contribution in [1.29, 1.82) is 0 Å². The molecule has 0 radical (unpaired) electrons. The van der Waals surface area contributed by atoms with Crippen LogP contribution in [0.15, 0.2) is 36.7 Å². The molecule has 2 N–H and O–H groups in total. The zero-order valence-corrected chi connectivity index (χ0v) is 16.1. The molecule has 3 aromatic rings. The van der Waals surface area contributed by atoms with Gasteiger partial charge in [-0.05, 0) is 18.1 Å². The largest absolute Gasteiger partial charge is 0.451 e. The van der Waals surface area contributed by atoms with Crippen LogP contribution in [-0.2, 0) is 23.4 Å². The summed E-state index contributed by atoms with van der Waals surface area (Å²) < 4.78 is 40.5. The second kappa shape index (κ2) is 6.40. The van der Waals surface area contributed by atoms with E-state index in [1.807, 2.05) is 6.07 Å². The van der Waals surface area contributed by atoms with E-state index in [4.69, 9.17) is 0 Å².